The highest BCUT2D eigenvalue weighted by molar-refractivity contribution is 5.95. The summed E-state index contributed by atoms with van der Waals surface area (Å²) in [5, 5.41) is 11.5. The van der Waals surface area contributed by atoms with Gasteiger partial charge < -0.3 is 5.32 Å². The smallest absolute Gasteiger partial charge is 0.229 e. The van der Waals surface area contributed by atoms with Crippen molar-refractivity contribution >= 4 is 11.9 Å². The van der Waals surface area contributed by atoms with Gasteiger partial charge in [-0.05, 0) is 49.9 Å². The van der Waals surface area contributed by atoms with Gasteiger partial charge in [-0.15, -0.1) is 0 Å². The molecule has 0 aromatic carbocycles. The first-order valence-electron chi connectivity index (χ1n) is 11.3. The van der Waals surface area contributed by atoms with E-state index >= 15 is 0 Å². The number of hydrogen-bond donors (Lipinski definition) is 2. The Labute approximate surface area is 166 Å². The zero-order valence-electron chi connectivity index (χ0n) is 17.7. The third-order valence-corrected chi connectivity index (χ3v) is 6.69. The average Bonchev–Trinajstić information content (AvgIpc) is 2.70. The lowest BCUT2D eigenvalue weighted by Gasteiger charge is -2.31. The molecule has 154 valence electrons. The maximum Gasteiger partial charge on any atom is 0.229 e. The van der Waals surface area contributed by atoms with Gasteiger partial charge in [0.1, 0.15) is 0 Å². The Kier molecular flexibility index (Phi) is 9.36. The van der Waals surface area contributed by atoms with Crippen molar-refractivity contribution in [2.24, 2.45) is 17.8 Å². The molecule has 0 heterocycles. The molecule has 0 saturated heterocycles. The first-order chi connectivity index (χ1) is 13.0. The van der Waals surface area contributed by atoms with Gasteiger partial charge in [-0.25, -0.2) is 0 Å². The summed E-state index contributed by atoms with van der Waals surface area (Å²) in [6.45, 7) is 7.31. The third kappa shape index (κ3) is 7.31. The number of hydrogen-bond acceptors (Lipinski definition) is 2. The zero-order chi connectivity index (χ0) is 19.6. The molecule has 2 aliphatic rings. The number of nitrogens with one attached hydrogen (secondary N) is 2. The molecule has 0 spiro atoms. The standard InChI is InChI=1S/C23H41N3O/c1-4-9-18(2)21-13-8-12-20(16-21)17-25-23(24)26(3)22(27)15-14-19-10-6-5-7-11-19/h19-21H,2,4-17H2,1,3H3,(H2,24,25)/t20-,21-/m0/s1. The van der Waals surface area contributed by atoms with Crippen molar-refractivity contribution in [1.29, 1.82) is 5.41 Å². The van der Waals surface area contributed by atoms with Crippen LogP contribution < -0.4 is 5.32 Å². The van der Waals surface area contributed by atoms with E-state index in [0.717, 1.165) is 19.4 Å². The fourth-order valence-electron chi connectivity index (χ4n) is 4.83. The summed E-state index contributed by atoms with van der Waals surface area (Å²) >= 11 is 0. The Bertz CT molecular complexity index is 496. The number of carbonyl (C=O) groups excluding carboxylic acids is 1. The Morgan fingerprint density at radius 1 is 1.07 bits per heavy atom. The van der Waals surface area contributed by atoms with E-state index in [1.807, 2.05) is 0 Å². The molecule has 1 amide bonds. The summed E-state index contributed by atoms with van der Waals surface area (Å²) in [5.74, 6) is 2.29. The molecule has 2 rings (SSSR count). The lowest BCUT2D eigenvalue weighted by atomic mass is 9.77. The molecule has 4 nitrogen and oxygen atoms in total. The monoisotopic (exact) mass is 375 g/mol. The van der Waals surface area contributed by atoms with Crippen LogP contribution in [0, 0.1) is 23.2 Å². The highest BCUT2D eigenvalue weighted by Gasteiger charge is 2.24. The summed E-state index contributed by atoms with van der Waals surface area (Å²) in [5.41, 5.74) is 1.41. The minimum atomic E-state index is 0.0796. The SMILES string of the molecule is C=C(CCC)[C@H]1CCC[C@H](CNC(=N)N(C)C(=O)CCC2CCCCC2)C1. The third-order valence-electron chi connectivity index (χ3n) is 6.69. The van der Waals surface area contributed by atoms with E-state index in [9.17, 15) is 4.79 Å². The number of guanidine groups is 1. The van der Waals surface area contributed by atoms with Gasteiger partial charge in [0.2, 0.25) is 5.91 Å². The van der Waals surface area contributed by atoms with Gasteiger partial charge in [0.25, 0.3) is 0 Å². The summed E-state index contributed by atoms with van der Waals surface area (Å²) in [6, 6.07) is 0. The van der Waals surface area contributed by atoms with Crippen LogP contribution in [0.15, 0.2) is 12.2 Å². The van der Waals surface area contributed by atoms with E-state index in [1.54, 1.807) is 7.05 Å². The number of rotatable bonds is 8. The van der Waals surface area contributed by atoms with Crippen LogP contribution in [0.2, 0.25) is 0 Å². The van der Waals surface area contributed by atoms with Gasteiger partial charge in [0, 0.05) is 20.0 Å². The van der Waals surface area contributed by atoms with Crippen LogP contribution in [0.1, 0.15) is 90.4 Å². The van der Waals surface area contributed by atoms with Crippen LogP contribution in [0.4, 0.5) is 0 Å². The minimum Gasteiger partial charge on any atom is -0.356 e. The number of nitrogens with zero attached hydrogens (tertiary/aromatic N) is 1. The molecule has 4 heteroatoms. The predicted octanol–water partition coefficient (Wildman–Crippen LogP) is 5.49. The van der Waals surface area contributed by atoms with Crippen LogP contribution in [0.5, 0.6) is 0 Å². The molecule has 2 fully saturated rings. The van der Waals surface area contributed by atoms with Crippen molar-refractivity contribution in [3.63, 3.8) is 0 Å². The first-order valence-corrected chi connectivity index (χ1v) is 11.3. The van der Waals surface area contributed by atoms with Crippen LogP contribution in [-0.4, -0.2) is 30.4 Å². The summed E-state index contributed by atoms with van der Waals surface area (Å²) in [6.07, 6.45) is 15.3. The largest absolute Gasteiger partial charge is 0.356 e. The normalized spacial score (nSPS) is 23.6. The van der Waals surface area contributed by atoms with Crippen LogP contribution in [0.25, 0.3) is 0 Å². The van der Waals surface area contributed by atoms with E-state index in [0.29, 0.717) is 24.2 Å². The van der Waals surface area contributed by atoms with Gasteiger partial charge in [-0.3, -0.25) is 15.1 Å². The molecule has 0 aromatic heterocycles. The lowest BCUT2D eigenvalue weighted by molar-refractivity contribution is -0.126. The van der Waals surface area contributed by atoms with Crippen molar-refractivity contribution in [3.8, 4) is 0 Å². The zero-order valence-corrected chi connectivity index (χ0v) is 17.7. The second-order valence-corrected chi connectivity index (χ2v) is 8.86. The Morgan fingerprint density at radius 3 is 2.48 bits per heavy atom. The number of carbonyl (C=O) groups is 1. The van der Waals surface area contributed by atoms with E-state index in [4.69, 9.17) is 5.41 Å². The van der Waals surface area contributed by atoms with Gasteiger partial charge in [0.15, 0.2) is 5.96 Å². The van der Waals surface area contributed by atoms with Crippen molar-refractivity contribution in [2.45, 2.75) is 90.4 Å². The lowest BCUT2D eigenvalue weighted by Crippen LogP contribution is -2.44. The fourth-order valence-corrected chi connectivity index (χ4v) is 4.83. The van der Waals surface area contributed by atoms with E-state index < -0.39 is 0 Å². The van der Waals surface area contributed by atoms with E-state index in [1.165, 1.54) is 74.7 Å². The van der Waals surface area contributed by atoms with Gasteiger partial charge in [-0.2, -0.15) is 0 Å². The Hall–Kier alpha value is -1.32. The second-order valence-electron chi connectivity index (χ2n) is 8.86. The Balaban J connectivity index is 1.68. The van der Waals surface area contributed by atoms with Crippen LogP contribution >= 0.6 is 0 Å². The molecule has 27 heavy (non-hydrogen) atoms. The number of allylic oxidation sites excluding steroid dienone is 1. The molecular formula is C23H41N3O. The van der Waals surface area contributed by atoms with Gasteiger partial charge >= 0.3 is 0 Å². The molecule has 0 unspecified atom stereocenters. The maximum absolute atomic E-state index is 12.4. The highest BCUT2D eigenvalue weighted by Crippen LogP contribution is 2.34. The van der Waals surface area contributed by atoms with Gasteiger partial charge in [0.05, 0.1) is 0 Å². The van der Waals surface area contributed by atoms with Gasteiger partial charge in [-0.1, -0.05) is 64.0 Å². The summed E-state index contributed by atoms with van der Waals surface area (Å²) in [4.78, 5) is 13.9. The van der Waals surface area contributed by atoms with Crippen molar-refractivity contribution in [2.75, 3.05) is 13.6 Å². The minimum absolute atomic E-state index is 0.0796. The molecule has 0 aliphatic heterocycles. The average molecular weight is 376 g/mol. The predicted molar refractivity (Wildman–Crippen MR) is 114 cm³/mol. The van der Waals surface area contributed by atoms with Crippen LogP contribution in [-0.2, 0) is 4.79 Å². The highest BCUT2D eigenvalue weighted by atomic mass is 16.2. The summed E-state index contributed by atoms with van der Waals surface area (Å²) in [7, 11) is 1.74. The quantitative estimate of drug-likeness (QED) is 0.335. The molecule has 2 aliphatic carbocycles. The second kappa shape index (κ2) is 11.5. The van der Waals surface area contributed by atoms with Crippen molar-refractivity contribution in [3.05, 3.63) is 12.2 Å². The molecule has 2 N–H and O–H groups in total. The maximum atomic E-state index is 12.4. The molecule has 0 radical (unpaired) electrons. The van der Waals surface area contributed by atoms with Crippen molar-refractivity contribution < 1.29 is 4.79 Å². The molecule has 0 aromatic rings. The van der Waals surface area contributed by atoms with Crippen LogP contribution in [0.3, 0.4) is 0 Å². The molecule has 2 atom stereocenters. The number of amides is 1. The molecule has 2 saturated carbocycles. The first kappa shape index (κ1) is 22.0. The van der Waals surface area contributed by atoms with Crippen molar-refractivity contribution in [1.82, 2.24) is 10.2 Å². The summed E-state index contributed by atoms with van der Waals surface area (Å²) < 4.78 is 0. The van der Waals surface area contributed by atoms with E-state index in [-0.39, 0.29) is 11.9 Å². The fraction of sp³-hybridized carbons (Fsp3) is 0.826. The topological polar surface area (TPSA) is 56.2 Å². The van der Waals surface area contributed by atoms with E-state index in [2.05, 4.69) is 18.8 Å². The molecular weight excluding hydrogens is 334 g/mol. The Morgan fingerprint density at radius 2 is 1.78 bits per heavy atom. The molecule has 0 bridgehead atoms.